The summed E-state index contributed by atoms with van der Waals surface area (Å²) in [5, 5.41) is 3.76. The molecule has 1 N–H and O–H groups in total. The average Bonchev–Trinajstić information content (AvgIpc) is 3.43. The first-order valence-electron chi connectivity index (χ1n) is 9.19. The Morgan fingerprint density at radius 1 is 1.08 bits per heavy atom. The van der Waals surface area contributed by atoms with Crippen molar-refractivity contribution in [3.8, 4) is 0 Å². The summed E-state index contributed by atoms with van der Waals surface area (Å²) in [5.74, 6) is 2.67. The van der Waals surface area contributed by atoms with Crippen molar-refractivity contribution >= 4 is 5.82 Å². The van der Waals surface area contributed by atoms with E-state index in [9.17, 15) is 0 Å². The molecule has 2 atom stereocenters. The molecule has 1 aliphatic heterocycles. The van der Waals surface area contributed by atoms with Crippen LogP contribution in [0.25, 0.3) is 0 Å². The number of anilines is 1. The molecule has 0 radical (unpaired) electrons. The molecule has 2 aliphatic rings. The lowest BCUT2D eigenvalue weighted by molar-refractivity contribution is 0.372. The highest BCUT2D eigenvalue weighted by Gasteiger charge is 2.37. The molecule has 4 heteroatoms. The Hall–Kier alpha value is -1.94. The van der Waals surface area contributed by atoms with Crippen LogP contribution in [0.5, 0.6) is 0 Å². The Morgan fingerprint density at radius 2 is 1.92 bits per heavy atom. The highest BCUT2D eigenvalue weighted by Crippen LogP contribution is 2.40. The van der Waals surface area contributed by atoms with E-state index >= 15 is 0 Å². The third-order valence-corrected chi connectivity index (χ3v) is 5.48. The van der Waals surface area contributed by atoms with Crippen molar-refractivity contribution in [2.75, 3.05) is 24.5 Å². The summed E-state index contributed by atoms with van der Waals surface area (Å²) in [6, 6.07) is 13.6. The molecule has 1 saturated heterocycles. The van der Waals surface area contributed by atoms with Crippen molar-refractivity contribution in [3.63, 3.8) is 0 Å². The highest BCUT2D eigenvalue weighted by molar-refractivity contribution is 5.36. The van der Waals surface area contributed by atoms with Gasteiger partial charge in [0.05, 0.1) is 0 Å². The lowest BCUT2D eigenvalue weighted by Crippen LogP contribution is -2.35. The van der Waals surface area contributed by atoms with E-state index in [-0.39, 0.29) is 0 Å². The van der Waals surface area contributed by atoms with Crippen LogP contribution in [0, 0.1) is 5.92 Å². The number of hydrogen-bond donors (Lipinski definition) is 1. The van der Waals surface area contributed by atoms with Gasteiger partial charge >= 0.3 is 0 Å². The van der Waals surface area contributed by atoms with E-state index in [4.69, 9.17) is 0 Å². The van der Waals surface area contributed by atoms with E-state index < -0.39 is 0 Å². The first-order chi connectivity index (χ1) is 11.9. The van der Waals surface area contributed by atoms with Gasteiger partial charge in [0.25, 0.3) is 0 Å². The first kappa shape index (κ1) is 15.6. The zero-order valence-electron chi connectivity index (χ0n) is 14.1. The molecule has 2 aromatic rings. The topological polar surface area (TPSA) is 41.0 Å². The Morgan fingerprint density at radius 3 is 2.67 bits per heavy atom. The lowest BCUT2D eigenvalue weighted by Gasteiger charge is -2.32. The number of nitrogens with zero attached hydrogens (tertiary/aromatic N) is 3. The Labute approximate surface area is 144 Å². The molecule has 4 nitrogen and oxygen atoms in total. The van der Waals surface area contributed by atoms with Gasteiger partial charge in [-0.1, -0.05) is 30.3 Å². The normalized spacial score (nSPS) is 24.1. The van der Waals surface area contributed by atoms with Crippen LogP contribution in [-0.4, -0.2) is 35.6 Å². The van der Waals surface area contributed by atoms with E-state index in [1.54, 1.807) is 6.33 Å². The third-order valence-electron chi connectivity index (χ3n) is 5.48. The molecule has 4 rings (SSSR count). The molecule has 126 valence electrons. The minimum absolute atomic E-state index is 0.702. The van der Waals surface area contributed by atoms with Crippen LogP contribution in [0.4, 0.5) is 5.82 Å². The Bertz CT molecular complexity index is 623. The van der Waals surface area contributed by atoms with Crippen LogP contribution in [0.3, 0.4) is 0 Å². The van der Waals surface area contributed by atoms with Gasteiger partial charge in [0.1, 0.15) is 12.1 Å². The number of piperidine rings is 1. The van der Waals surface area contributed by atoms with E-state index in [1.165, 1.54) is 31.2 Å². The van der Waals surface area contributed by atoms with Gasteiger partial charge in [0, 0.05) is 31.2 Å². The fourth-order valence-electron chi connectivity index (χ4n) is 3.88. The molecule has 1 saturated carbocycles. The smallest absolute Gasteiger partial charge is 0.131 e. The number of nitrogens with one attached hydrogen (secondary N) is 1. The predicted molar refractivity (Wildman–Crippen MR) is 97.2 cm³/mol. The van der Waals surface area contributed by atoms with Crippen LogP contribution in [-0.2, 0) is 0 Å². The molecule has 1 aromatic carbocycles. The summed E-state index contributed by atoms with van der Waals surface area (Å²) in [5.41, 5.74) is 1.49. The maximum atomic E-state index is 4.36. The van der Waals surface area contributed by atoms with Gasteiger partial charge in [-0.25, -0.2) is 9.97 Å². The van der Waals surface area contributed by atoms with Crippen molar-refractivity contribution in [1.29, 1.82) is 0 Å². The summed E-state index contributed by atoms with van der Waals surface area (Å²) < 4.78 is 0. The van der Waals surface area contributed by atoms with Crippen molar-refractivity contribution in [1.82, 2.24) is 15.3 Å². The fraction of sp³-hybridized carbons (Fsp3) is 0.500. The van der Waals surface area contributed by atoms with Gasteiger partial charge in [-0.05, 0) is 49.8 Å². The second-order valence-electron chi connectivity index (χ2n) is 7.10. The summed E-state index contributed by atoms with van der Waals surface area (Å²) in [6.45, 7) is 3.40. The van der Waals surface area contributed by atoms with Gasteiger partial charge in [0.2, 0.25) is 0 Å². The minimum atomic E-state index is 0.702. The molecule has 2 heterocycles. The third kappa shape index (κ3) is 3.75. The monoisotopic (exact) mass is 322 g/mol. The Kier molecular flexibility index (Phi) is 4.74. The van der Waals surface area contributed by atoms with E-state index in [2.05, 4.69) is 50.5 Å². The van der Waals surface area contributed by atoms with E-state index in [0.29, 0.717) is 6.04 Å². The quantitative estimate of drug-likeness (QED) is 0.886. The summed E-state index contributed by atoms with van der Waals surface area (Å²) in [6.07, 6.45) is 8.63. The molecule has 2 unspecified atom stereocenters. The maximum Gasteiger partial charge on any atom is 0.131 e. The largest absolute Gasteiger partial charge is 0.357 e. The molecule has 0 amide bonds. The molecular weight excluding hydrogens is 296 g/mol. The predicted octanol–water partition coefficient (Wildman–Crippen LogP) is 3.23. The van der Waals surface area contributed by atoms with Gasteiger partial charge in [0.15, 0.2) is 0 Å². The van der Waals surface area contributed by atoms with Crippen LogP contribution in [0.2, 0.25) is 0 Å². The van der Waals surface area contributed by atoms with Crippen molar-refractivity contribution in [2.24, 2.45) is 5.92 Å². The van der Waals surface area contributed by atoms with E-state index in [0.717, 1.165) is 37.3 Å². The second-order valence-corrected chi connectivity index (χ2v) is 7.10. The molecular formula is C20H26N4. The number of benzene rings is 1. The molecule has 24 heavy (non-hydrogen) atoms. The number of hydrogen-bond acceptors (Lipinski definition) is 4. The van der Waals surface area contributed by atoms with Crippen molar-refractivity contribution in [2.45, 2.75) is 37.6 Å². The average molecular weight is 322 g/mol. The molecule has 0 spiro atoms. The van der Waals surface area contributed by atoms with Crippen molar-refractivity contribution < 1.29 is 0 Å². The van der Waals surface area contributed by atoms with Gasteiger partial charge in [-0.15, -0.1) is 0 Å². The Balaban J connectivity index is 1.15. The van der Waals surface area contributed by atoms with Gasteiger partial charge in [-0.3, -0.25) is 0 Å². The first-order valence-corrected chi connectivity index (χ1v) is 9.19. The minimum Gasteiger partial charge on any atom is -0.357 e. The highest BCUT2D eigenvalue weighted by atomic mass is 15.2. The summed E-state index contributed by atoms with van der Waals surface area (Å²) in [7, 11) is 0. The van der Waals surface area contributed by atoms with Gasteiger partial charge < -0.3 is 10.2 Å². The summed E-state index contributed by atoms with van der Waals surface area (Å²) in [4.78, 5) is 10.7. The standard InChI is InChI=1S/C20H26N4/c1-2-4-17(5-3-1)18-14-19(18)22-11-6-16-8-12-24(13-9-16)20-7-10-21-15-23-20/h1-5,7,10,15-16,18-19,22H,6,8-9,11-14H2. The molecule has 2 fully saturated rings. The maximum absolute atomic E-state index is 4.36. The fourth-order valence-corrected chi connectivity index (χ4v) is 3.88. The summed E-state index contributed by atoms with van der Waals surface area (Å²) >= 11 is 0. The van der Waals surface area contributed by atoms with Crippen LogP contribution in [0.1, 0.15) is 37.2 Å². The zero-order valence-corrected chi connectivity index (χ0v) is 14.1. The molecule has 1 aromatic heterocycles. The second kappa shape index (κ2) is 7.31. The van der Waals surface area contributed by atoms with Crippen molar-refractivity contribution in [3.05, 3.63) is 54.5 Å². The molecule has 1 aliphatic carbocycles. The van der Waals surface area contributed by atoms with E-state index in [1.807, 2.05) is 12.3 Å². The SMILES string of the molecule is c1ccc(C2CC2NCCC2CCN(c3ccncn3)CC2)cc1. The van der Waals surface area contributed by atoms with Gasteiger partial charge in [-0.2, -0.15) is 0 Å². The number of aromatic nitrogens is 2. The zero-order chi connectivity index (χ0) is 16.2. The number of rotatable bonds is 6. The molecule has 0 bridgehead atoms. The van der Waals surface area contributed by atoms with Crippen LogP contribution < -0.4 is 10.2 Å². The van der Waals surface area contributed by atoms with Crippen LogP contribution in [0.15, 0.2) is 48.9 Å². The van der Waals surface area contributed by atoms with Crippen LogP contribution >= 0.6 is 0 Å². The lowest BCUT2D eigenvalue weighted by atomic mass is 9.93.